The van der Waals surface area contributed by atoms with Crippen LogP contribution in [0.2, 0.25) is 0 Å². The molecular weight excluding hydrogens is 1820 g/mol. The summed E-state index contributed by atoms with van der Waals surface area (Å²) < 4.78 is 21.4. The molecule has 0 atom stereocenters. The maximum atomic E-state index is 7.36. The van der Waals surface area contributed by atoms with Gasteiger partial charge in [-0.25, -0.2) is 0 Å². The highest BCUT2D eigenvalue weighted by molar-refractivity contribution is 6.22. The molecule has 150 heavy (non-hydrogen) atoms. The minimum atomic E-state index is -0.859. The number of rotatable bonds is 23. The molecule has 0 aliphatic heterocycles. The van der Waals surface area contributed by atoms with Crippen molar-refractivity contribution in [3.8, 4) is 111 Å². The van der Waals surface area contributed by atoms with Crippen molar-refractivity contribution in [2.75, 3.05) is 4.90 Å². The van der Waals surface area contributed by atoms with Crippen molar-refractivity contribution in [2.24, 2.45) is 0 Å². The maximum absolute atomic E-state index is 7.36. The Kier molecular flexibility index (Phi) is 20.4. The molecule has 0 spiro atoms. The van der Waals surface area contributed by atoms with E-state index in [9.17, 15) is 0 Å². The van der Waals surface area contributed by atoms with Gasteiger partial charge in [0.25, 0.3) is 0 Å². The van der Waals surface area contributed by atoms with Gasteiger partial charge in [0.1, 0.15) is 33.5 Å². The average Bonchev–Trinajstić information content (AvgIpc) is 1.50. The largest absolute Gasteiger partial charge is 0.456 e. The third-order valence-electron chi connectivity index (χ3n) is 36.3. The van der Waals surface area contributed by atoms with Gasteiger partial charge in [-0.15, -0.1) is 0 Å². The van der Waals surface area contributed by atoms with Crippen LogP contribution in [-0.2, 0) is 32.5 Å². The Labute approximate surface area is 878 Å². The lowest BCUT2D eigenvalue weighted by Crippen LogP contribution is -2.30. The molecule has 0 unspecified atom stereocenters. The maximum Gasteiger partial charge on any atom is 0.143 e. The average molecular weight is 1930 g/mol. The molecule has 724 valence electrons. The van der Waals surface area contributed by atoms with E-state index in [0.29, 0.717) is 0 Å². The Morgan fingerprint density at radius 3 is 1.04 bits per heavy atom. The Bertz CT molecular complexity index is 9400. The number of furan rings is 3. The fraction of sp³-hybridized carbons (Fsp3) is 0.178. The van der Waals surface area contributed by atoms with E-state index in [-0.39, 0.29) is 10.8 Å². The number of fused-ring (bicyclic) bond motifs is 30. The van der Waals surface area contributed by atoms with E-state index in [2.05, 4.69) is 479 Å². The molecule has 23 aromatic rings. The zero-order valence-corrected chi connectivity index (χ0v) is 86.5. The van der Waals surface area contributed by atoms with Crippen LogP contribution in [0.3, 0.4) is 0 Å². The first-order valence-electron chi connectivity index (χ1n) is 54.8. The first-order chi connectivity index (χ1) is 73.6. The molecule has 3 heterocycles. The van der Waals surface area contributed by atoms with E-state index in [0.717, 1.165) is 105 Å². The van der Waals surface area contributed by atoms with Crippen molar-refractivity contribution in [2.45, 2.75) is 165 Å². The Morgan fingerprint density at radius 2 is 0.533 bits per heavy atom. The van der Waals surface area contributed by atoms with Gasteiger partial charge in [-0.2, -0.15) is 0 Å². The molecule has 29 rings (SSSR count). The first kappa shape index (κ1) is 90.0. The smallest absolute Gasteiger partial charge is 0.143 e. The summed E-state index contributed by atoms with van der Waals surface area (Å²) in [6, 6.07) is 160. The number of nitrogens with zero attached hydrogens (tertiary/aromatic N) is 1. The molecule has 0 N–H and O–H groups in total. The molecular formula is C146H117NO3. The second kappa shape index (κ2) is 34.1. The van der Waals surface area contributed by atoms with Gasteiger partial charge in [0.15, 0.2) is 0 Å². The van der Waals surface area contributed by atoms with Gasteiger partial charge in [0.05, 0.1) is 10.8 Å². The van der Waals surface area contributed by atoms with Crippen LogP contribution >= 0.6 is 0 Å². The Hall–Kier alpha value is -16.4. The number of para-hydroxylation sites is 3. The van der Waals surface area contributed by atoms with Crippen LogP contribution in [0.5, 0.6) is 0 Å². The van der Waals surface area contributed by atoms with E-state index in [1.54, 1.807) is 11.1 Å². The van der Waals surface area contributed by atoms with Crippen LogP contribution in [0.1, 0.15) is 221 Å². The molecule has 6 aliphatic carbocycles. The van der Waals surface area contributed by atoms with E-state index < -0.39 is 21.7 Å². The molecule has 0 bridgehead atoms. The van der Waals surface area contributed by atoms with Gasteiger partial charge >= 0.3 is 0 Å². The molecule has 6 aliphatic rings. The summed E-state index contributed by atoms with van der Waals surface area (Å²) in [5, 5.41) is 6.77. The van der Waals surface area contributed by atoms with Crippen molar-refractivity contribution in [3.63, 3.8) is 0 Å². The van der Waals surface area contributed by atoms with Gasteiger partial charge in [0, 0.05) is 82.2 Å². The van der Waals surface area contributed by atoms with Gasteiger partial charge in [-0.1, -0.05) is 435 Å². The van der Waals surface area contributed by atoms with E-state index in [1.807, 2.05) is 0 Å². The molecule has 0 fully saturated rings. The summed E-state index contributed by atoms with van der Waals surface area (Å²) in [6.07, 6.45) is 15.3. The number of benzene rings is 20. The lowest BCUT2D eigenvalue weighted by Gasteiger charge is -2.36. The van der Waals surface area contributed by atoms with Crippen molar-refractivity contribution in [1.82, 2.24) is 0 Å². The van der Waals surface area contributed by atoms with E-state index >= 15 is 0 Å². The third kappa shape index (κ3) is 12.9. The third-order valence-corrected chi connectivity index (χ3v) is 36.3. The van der Waals surface area contributed by atoms with Gasteiger partial charge in [-0.05, 0) is 305 Å². The summed E-state index contributed by atoms with van der Waals surface area (Å²) >= 11 is 0. The summed E-state index contributed by atoms with van der Waals surface area (Å²) in [5.41, 5.74) is 51.0. The molecule has 4 heteroatoms. The number of unbranched alkanes of at least 4 members (excludes halogenated alkanes) is 8. The second-order valence-electron chi connectivity index (χ2n) is 45.2. The standard InChI is InChI=1S/C146H117NO3/c1-9-11-13-15-40-78-144(79-41-16-14-12-10-2)117-56-36-32-52-103(117)106-72-66-95(82-123(106)144)94-65-71-105-104-70-64-93(80-119(104)141(3,4)120(105)81-94)90-60-62-92(63-61-90)114-87-128-134(138-112-55-35-39-59-131(112)150-140(114)138)109-75-69-101(84-122(109)143(128,7)8)147(100-68-74-108-121(83-100)142(5,6)127-86-113(91-42-22-17-23-43-91)139-137(133(108)127)111-54-34-38-58-130(111)149-139)102-67-73-107-115-88-126-116(89-125(115)146(124(107)85-102,98-48-28-20-29-49-98)99-50-30-21-31-51-99)135-118(76-77-132-136(135)110-53-33-37-57-129(110)148-132)145(126,96-44-24-18-25-45-96)97-46-26-19-27-47-97/h17-39,42-77,80-89H,9-16,40-41,78-79H2,1-8H3. The lowest BCUT2D eigenvalue weighted by atomic mass is 9.66. The molecule has 0 radical (unpaired) electrons. The molecule has 4 nitrogen and oxygen atoms in total. The quantitative estimate of drug-likeness (QED) is 0.0599. The molecule has 0 saturated carbocycles. The lowest BCUT2D eigenvalue weighted by molar-refractivity contribution is 0.399. The predicted octanol–water partition coefficient (Wildman–Crippen LogP) is 40.2. The number of hydrogen-bond donors (Lipinski definition) is 0. The fourth-order valence-corrected chi connectivity index (χ4v) is 29.1. The highest BCUT2D eigenvalue weighted by Gasteiger charge is 2.54. The monoisotopic (exact) mass is 1930 g/mol. The van der Waals surface area contributed by atoms with Crippen LogP contribution in [0.4, 0.5) is 17.1 Å². The minimum Gasteiger partial charge on any atom is -0.456 e. The second-order valence-corrected chi connectivity index (χ2v) is 45.2. The van der Waals surface area contributed by atoms with E-state index in [1.165, 1.54) is 244 Å². The molecule has 20 aromatic carbocycles. The SMILES string of the molecule is CCCCCCCC1(CCCCCCC)c2ccccc2-c2ccc(-c3ccc4c(c3)C(C)(C)c3cc(-c5ccc(-c6cc7c(c8c6oc6ccccc68)-c6ccc(N(c8ccc9c(c8)C(C)(C)c8cc(-c%10ccccc%10)c%10oc%11ccccc%11c%10c8-9)c8ccc9c(c8)C(c8ccccc8)(c8ccccc8)c8cc%10c(cc8-9)C(c8ccccc8)(c8ccccc8)c8ccc9oc%11ccccc%11c9c8-%10)cc6C7(C)C)cc5)ccc3-4)cc21. The van der Waals surface area contributed by atoms with Gasteiger partial charge in [-0.3, -0.25) is 0 Å². The van der Waals surface area contributed by atoms with Gasteiger partial charge in [0.2, 0.25) is 0 Å². The van der Waals surface area contributed by atoms with Crippen LogP contribution in [0.25, 0.3) is 177 Å². The highest BCUT2D eigenvalue weighted by Crippen LogP contribution is 2.68. The number of hydrogen-bond acceptors (Lipinski definition) is 4. The molecule has 0 amide bonds. The summed E-state index contributed by atoms with van der Waals surface area (Å²) in [4.78, 5) is 2.60. The van der Waals surface area contributed by atoms with Crippen LogP contribution in [0.15, 0.2) is 432 Å². The molecule has 3 aromatic heterocycles. The summed E-state index contributed by atoms with van der Waals surface area (Å²) in [7, 11) is 0. The predicted molar refractivity (Wildman–Crippen MR) is 625 cm³/mol. The van der Waals surface area contributed by atoms with Crippen molar-refractivity contribution in [3.05, 3.63) is 508 Å². The van der Waals surface area contributed by atoms with E-state index in [4.69, 9.17) is 13.3 Å². The Balaban J connectivity index is 0.574. The van der Waals surface area contributed by atoms with Crippen LogP contribution in [0, 0.1) is 0 Å². The zero-order valence-electron chi connectivity index (χ0n) is 86.5. The summed E-state index contributed by atoms with van der Waals surface area (Å²) in [6.45, 7) is 19.4. The van der Waals surface area contributed by atoms with Crippen molar-refractivity contribution < 1.29 is 13.3 Å². The Morgan fingerprint density at radius 1 is 0.200 bits per heavy atom. The fourth-order valence-electron chi connectivity index (χ4n) is 29.1. The summed E-state index contributed by atoms with van der Waals surface area (Å²) in [5.74, 6) is 0. The van der Waals surface area contributed by atoms with Crippen molar-refractivity contribution in [1.29, 1.82) is 0 Å². The van der Waals surface area contributed by atoms with Crippen LogP contribution < -0.4 is 4.90 Å². The molecule has 0 saturated heterocycles. The topological polar surface area (TPSA) is 42.7 Å². The van der Waals surface area contributed by atoms with Crippen LogP contribution in [-0.4, -0.2) is 0 Å². The first-order valence-corrected chi connectivity index (χ1v) is 54.8. The minimum absolute atomic E-state index is 0.0191. The zero-order chi connectivity index (χ0) is 100. The normalized spacial score (nSPS) is 15.0. The highest BCUT2D eigenvalue weighted by atomic mass is 16.3. The van der Waals surface area contributed by atoms with Crippen molar-refractivity contribution >= 4 is 82.9 Å². The number of anilines is 3. The van der Waals surface area contributed by atoms with Gasteiger partial charge < -0.3 is 18.2 Å².